The first-order valence-corrected chi connectivity index (χ1v) is 6.58. The quantitative estimate of drug-likeness (QED) is 0.738. The summed E-state index contributed by atoms with van der Waals surface area (Å²) in [5, 5.41) is 3.89. The van der Waals surface area contributed by atoms with Crippen LogP contribution in [0.3, 0.4) is 0 Å². The minimum absolute atomic E-state index is 0.330. The average Bonchev–Trinajstić information content (AvgIpc) is 2.91. The Hall–Kier alpha value is -1.88. The Kier molecular flexibility index (Phi) is 5.37. The van der Waals surface area contributed by atoms with E-state index in [1.165, 1.54) is 0 Å². The van der Waals surface area contributed by atoms with Gasteiger partial charge in [0.2, 0.25) is 11.7 Å². The Balaban J connectivity index is 1.74. The van der Waals surface area contributed by atoms with Gasteiger partial charge in [0, 0.05) is 6.42 Å². The van der Waals surface area contributed by atoms with E-state index in [0.29, 0.717) is 18.3 Å². The molecular weight excluding hydrogens is 242 g/mol. The van der Waals surface area contributed by atoms with E-state index in [1.54, 1.807) is 0 Å². The van der Waals surface area contributed by atoms with Crippen LogP contribution >= 0.6 is 0 Å². The molecule has 0 atom stereocenters. The molecule has 5 heteroatoms. The summed E-state index contributed by atoms with van der Waals surface area (Å²) in [5.74, 6) is 2.05. The first-order valence-electron chi connectivity index (χ1n) is 6.58. The molecule has 19 heavy (non-hydrogen) atoms. The summed E-state index contributed by atoms with van der Waals surface area (Å²) in [4.78, 5) is 4.29. The van der Waals surface area contributed by atoms with Crippen molar-refractivity contribution in [1.29, 1.82) is 0 Å². The van der Waals surface area contributed by atoms with Gasteiger partial charge >= 0.3 is 0 Å². The van der Waals surface area contributed by atoms with E-state index in [4.69, 9.17) is 15.0 Å². The van der Waals surface area contributed by atoms with Gasteiger partial charge < -0.3 is 15.0 Å². The summed E-state index contributed by atoms with van der Waals surface area (Å²) >= 11 is 0. The predicted octanol–water partition coefficient (Wildman–Crippen LogP) is 2.32. The number of benzene rings is 1. The van der Waals surface area contributed by atoms with Crippen molar-refractivity contribution in [3.63, 3.8) is 0 Å². The van der Waals surface area contributed by atoms with Gasteiger partial charge in [-0.1, -0.05) is 29.8 Å². The zero-order valence-electron chi connectivity index (χ0n) is 10.9. The number of nitrogens with zero attached hydrogens (tertiary/aromatic N) is 2. The summed E-state index contributed by atoms with van der Waals surface area (Å²) in [6.07, 6.45) is 3.96. The van der Waals surface area contributed by atoms with E-state index in [9.17, 15) is 0 Å². The molecule has 1 heterocycles. The molecule has 0 spiro atoms. The summed E-state index contributed by atoms with van der Waals surface area (Å²) in [7, 11) is 0. The van der Waals surface area contributed by atoms with Crippen LogP contribution in [0.25, 0.3) is 0 Å². The van der Waals surface area contributed by atoms with Crippen LogP contribution in [0, 0.1) is 0 Å². The highest BCUT2D eigenvalue weighted by Crippen LogP contribution is 2.11. The topological polar surface area (TPSA) is 74.2 Å². The third-order valence-electron chi connectivity index (χ3n) is 2.72. The van der Waals surface area contributed by atoms with Gasteiger partial charge in [-0.05, 0) is 31.5 Å². The fourth-order valence-electron chi connectivity index (χ4n) is 1.71. The van der Waals surface area contributed by atoms with Gasteiger partial charge in [-0.25, -0.2) is 0 Å². The Bertz CT molecular complexity index is 471. The van der Waals surface area contributed by atoms with Gasteiger partial charge in [0.25, 0.3) is 0 Å². The van der Waals surface area contributed by atoms with Gasteiger partial charge in [0.05, 0.1) is 0 Å². The van der Waals surface area contributed by atoms with E-state index in [1.807, 2.05) is 30.3 Å². The minimum Gasteiger partial charge on any atom is -0.485 e. The average molecular weight is 261 g/mol. The number of hydrogen-bond donors (Lipinski definition) is 1. The second-order valence-electron chi connectivity index (χ2n) is 4.31. The molecule has 0 aliphatic carbocycles. The monoisotopic (exact) mass is 261 g/mol. The normalized spacial score (nSPS) is 10.6. The maximum atomic E-state index is 5.55. The zero-order valence-corrected chi connectivity index (χ0v) is 10.9. The highest BCUT2D eigenvalue weighted by Gasteiger charge is 2.06. The van der Waals surface area contributed by atoms with E-state index in [0.717, 1.165) is 38.0 Å². The number of hydrogen-bond acceptors (Lipinski definition) is 5. The second-order valence-corrected chi connectivity index (χ2v) is 4.31. The number of nitrogens with two attached hydrogens (primary N) is 1. The number of unbranched alkanes of at least 4 members (excludes halogenated alkanes) is 2. The number of para-hydroxylation sites is 1. The predicted molar refractivity (Wildman–Crippen MR) is 71.7 cm³/mol. The molecule has 0 radical (unpaired) electrons. The lowest BCUT2D eigenvalue weighted by Gasteiger charge is -2.01. The first-order chi connectivity index (χ1) is 9.38. The second kappa shape index (κ2) is 7.53. The summed E-state index contributed by atoms with van der Waals surface area (Å²) < 4.78 is 10.7. The van der Waals surface area contributed by atoms with Gasteiger partial charge in [-0.3, -0.25) is 0 Å². The van der Waals surface area contributed by atoms with E-state index in [2.05, 4.69) is 10.1 Å². The number of aryl methyl sites for hydroxylation is 1. The van der Waals surface area contributed by atoms with Crippen LogP contribution < -0.4 is 10.5 Å². The largest absolute Gasteiger partial charge is 0.485 e. The summed E-state index contributed by atoms with van der Waals surface area (Å²) in [6, 6.07) is 9.59. The van der Waals surface area contributed by atoms with Crippen molar-refractivity contribution in [3.8, 4) is 5.75 Å². The van der Waals surface area contributed by atoms with Crippen molar-refractivity contribution in [1.82, 2.24) is 10.1 Å². The number of ether oxygens (including phenoxy) is 1. The van der Waals surface area contributed by atoms with Crippen LogP contribution in [0.1, 0.15) is 31.0 Å². The van der Waals surface area contributed by atoms with E-state index in [-0.39, 0.29) is 0 Å². The van der Waals surface area contributed by atoms with Crippen molar-refractivity contribution in [3.05, 3.63) is 42.0 Å². The molecule has 0 saturated carbocycles. The fraction of sp³-hybridized carbons (Fsp3) is 0.429. The van der Waals surface area contributed by atoms with Gasteiger partial charge in [-0.15, -0.1) is 0 Å². The third kappa shape index (κ3) is 4.71. The molecule has 0 amide bonds. The van der Waals surface area contributed by atoms with Crippen molar-refractivity contribution < 1.29 is 9.26 Å². The lowest BCUT2D eigenvalue weighted by atomic mass is 10.2. The molecule has 0 unspecified atom stereocenters. The van der Waals surface area contributed by atoms with Crippen LogP contribution in [0.4, 0.5) is 0 Å². The molecule has 2 aromatic rings. The molecule has 2 rings (SSSR count). The fourth-order valence-corrected chi connectivity index (χ4v) is 1.71. The standard InChI is InChI=1S/C14H19N3O2/c15-10-6-2-5-9-14-16-13(17-19-14)11-18-12-7-3-1-4-8-12/h1,3-4,7-8H,2,5-6,9-11,15H2. The summed E-state index contributed by atoms with van der Waals surface area (Å²) in [5.41, 5.74) is 5.44. The van der Waals surface area contributed by atoms with Gasteiger partial charge in [0.1, 0.15) is 5.75 Å². The highest BCUT2D eigenvalue weighted by atomic mass is 16.5. The van der Waals surface area contributed by atoms with Crippen molar-refractivity contribution >= 4 is 0 Å². The Morgan fingerprint density at radius 2 is 1.95 bits per heavy atom. The molecule has 102 valence electrons. The van der Waals surface area contributed by atoms with Gasteiger partial charge in [0.15, 0.2) is 6.61 Å². The Labute approximate surface area is 112 Å². The van der Waals surface area contributed by atoms with Crippen molar-refractivity contribution in [2.45, 2.75) is 32.3 Å². The van der Waals surface area contributed by atoms with Crippen LogP contribution in [-0.2, 0) is 13.0 Å². The minimum atomic E-state index is 0.330. The van der Waals surface area contributed by atoms with Crippen LogP contribution in [0.5, 0.6) is 5.75 Å². The molecule has 2 N–H and O–H groups in total. The lowest BCUT2D eigenvalue weighted by Crippen LogP contribution is -1.99. The van der Waals surface area contributed by atoms with E-state index >= 15 is 0 Å². The molecule has 0 aliphatic heterocycles. The molecule has 0 saturated heterocycles. The van der Waals surface area contributed by atoms with Crippen LogP contribution in [-0.4, -0.2) is 16.7 Å². The molecule has 0 bridgehead atoms. The number of aromatic nitrogens is 2. The highest BCUT2D eigenvalue weighted by molar-refractivity contribution is 5.20. The van der Waals surface area contributed by atoms with E-state index < -0.39 is 0 Å². The molecule has 1 aromatic heterocycles. The Morgan fingerprint density at radius 3 is 2.74 bits per heavy atom. The van der Waals surface area contributed by atoms with Crippen LogP contribution in [0.15, 0.2) is 34.9 Å². The maximum Gasteiger partial charge on any atom is 0.226 e. The number of rotatable bonds is 8. The Morgan fingerprint density at radius 1 is 1.11 bits per heavy atom. The zero-order chi connectivity index (χ0) is 13.3. The molecule has 0 aliphatic rings. The maximum absolute atomic E-state index is 5.55. The molecular formula is C14H19N3O2. The van der Waals surface area contributed by atoms with Gasteiger partial charge in [-0.2, -0.15) is 4.98 Å². The summed E-state index contributed by atoms with van der Waals surface area (Å²) in [6.45, 7) is 1.07. The van der Waals surface area contributed by atoms with Crippen molar-refractivity contribution in [2.75, 3.05) is 6.54 Å². The first kappa shape index (κ1) is 13.5. The molecule has 5 nitrogen and oxygen atoms in total. The van der Waals surface area contributed by atoms with Crippen molar-refractivity contribution in [2.24, 2.45) is 5.73 Å². The lowest BCUT2D eigenvalue weighted by molar-refractivity contribution is 0.285. The smallest absolute Gasteiger partial charge is 0.226 e. The molecule has 1 aromatic carbocycles. The van der Waals surface area contributed by atoms with Crippen LogP contribution in [0.2, 0.25) is 0 Å². The third-order valence-corrected chi connectivity index (χ3v) is 2.72. The molecule has 0 fully saturated rings. The SMILES string of the molecule is NCCCCCc1nc(COc2ccccc2)no1.